The Morgan fingerprint density at radius 3 is 2.68 bits per heavy atom. The lowest BCUT2D eigenvalue weighted by Gasteiger charge is -2.43. The van der Waals surface area contributed by atoms with Gasteiger partial charge in [-0.25, -0.2) is 4.39 Å². The zero-order valence-corrected chi connectivity index (χ0v) is 16.0. The highest BCUT2D eigenvalue weighted by Crippen LogP contribution is 2.38. The van der Waals surface area contributed by atoms with E-state index in [1.165, 1.54) is 18.3 Å². The van der Waals surface area contributed by atoms with Crippen LogP contribution in [-0.2, 0) is 22.1 Å². The van der Waals surface area contributed by atoms with Gasteiger partial charge in [-0.2, -0.15) is 0 Å². The van der Waals surface area contributed by atoms with Crippen molar-refractivity contribution in [3.05, 3.63) is 65.7 Å². The summed E-state index contributed by atoms with van der Waals surface area (Å²) in [4.78, 5) is 31.7. The zero-order chi connectivity index (χ0) is 19.7. The van der Waals surface area contributed by atoms with E-state index in [0.717, 1.165) is 0 Å². The van der Waals surface area contributed by atoms with E-state index in [2.05, 4.69) is 4.98 Å². The number of piperidine rings is 1. The van der Waals surface area contributed by atoms with E-state index < -0.39 is 15.7 Å². The molecule has 1 unspecified atom stereocenters. The molecule has 0 radical (unpaired) electrons. The van der Waals surface area contributed by atoms with Crippen LogP contribution >= 0.6 is 0 Å². The standard InChI is InChI=1S/C20H20FN3O3S/c21-17-5-1-3-15(11-17)13-24-18(25)14-28(27)20(24)6-9-23(10-7-20)19(26)16-4-2-8-22-12-16/h1-5,8,11-12H,6-7,9-10,13-14H2. The van der Waals surface area contributed by atoms with Gasteiger partial charge < -0.3 is 9.80 Å². The minimum atomic E-state index is -1.35. The molecule has 6 nitrogen and oxygen atoms in total. The summed E-state index contributed by atoms with van der Waals surface area (Å²) in [6, 6.07) is 9.53. The topological polar surface area (TPSA) is 70.6 Å². The Morgan fingerprint density at radius 1 is 1.21 bits per heavy atom. The first-order valence-corrected chi connectivity index (χ1v) is 10.4. The molecule has 2 aromatic rings. The minimum absolute atomic E-state index is 0.0220. The van der Waals surface area contributed by atoms with Crippen LogP contribution in [0.4, 0.5) is 4.39 Å². The van der Waals surface area contributed by atoms with Crippen molar-refractivity contribution in [2.24, 2.45) is 0 Å². The number of hydrogen-bond acceptors (Lipinski definition) is 4. The molecule has 1 atom stereocenters. The minimum Gasteiger partial charge on any atom is -0.338 e. The average Bonchev–Trinajstić information content (AvgIpc) is 2.93. The van der Waals surface area contributed by atoms with Gasteiger partial charge in [0, 0.05) is 44.9 Å². The van der Waals surface area contributed by atoms with Crippen LogP contribution in [-0.4, -0.2) is 54.5 Å². The van der Waals surface area contributed by atoms with Crippen LogP contribution in [0.25, 0.3) is 0 Å². The summed E-state index contributed by atoms with van der Waals surface area (Å²) in [6.07, 6.45) is 4.01. The van der Waals surface area contributed by atoms with E-state index in [0.29, 0.717) is 37.1 Å². The van der Waals surface area contributed by atoms with E-state index in [1.54, 1.807) is 40.3 Å². The second kappa shape index (κ2) is 7.43. The second-order valence-electron chi connectivity index (χ2n) is 7.08. The molecule has 146 valence electrons. The van der Waals surface area contributed by atoms with Crippen molar-refractivity contribution < 1.29 is 18.2 Å². The average molecular weight is 401 g/mol. The zero-order valence-electron chi connectivity index (χ0n) is 15.2. The first kappa shape index (κ1) is 18.7. The molecule has 0 aliphatic carbocycles. The fraction of sp³-hybridized carbons (Fsp3) is 0.350. The maximum Gasteiger partial charge on any atom is 0.255 e. The number of carbonyl (C=O) groups is 2. The van der Waals surface area contributed by atoms with E-state index in [4.69, 9.17) is 0 Å². The summed E-state index contributed by atoms with van der Waals surface area (Å²) in [6.45, 7) is 1.04. The van der Waals surface area contributed by atoms with Crippen LogP contribution in [0.15, 0.2) is 48.8 Å². The van der Waals surface area contributed by atoms with Crippen molar-refractivity contribution in [2.45, 2.75) is 24.3 Å². The Hall–Kier alpha value is -2.61. The highest BCUT2D eigenvalue weighted by molar-refractivity contribution is 7.87. The summed E-state index contributed by atoms with van der Waals surface area (Å²) >= 11 is 0. The molecule has 3 heterocycles. The molecule has 0 bridgehead atoms. The van der Waals surface area contributed by atoms with Crippen LogP contribution in [0.1, 0.15) is 28.8 Å². The third-order valence-electron chi connectivity index (χ3n) is 5.44. The number of nitrogens with zero attached hydrogens (tertiary/aromatic N) is 3. The van der Waals surface area contributed by atoms with Gasteiger partial charge in [-0.1, -0.05) is 12.1 Å². The van der Waals surface area contributed by atoms with Crippen LogP contribution in [0.2, 0.25) is 0 Å². The Morgan fingerprint density at radius 2 is 2.00 bits per heavy atom. The van der Waals surface area contributed by atoms with E-state index in [-0.39, 0.29) is 29.9 Å². The highest BCUT2D eigenvalue weighted by Gasteiger charge is 2.53. The van der Waals surface area contributed by atoms with Crippen molar-refractivity contribution >= 4 is 22.6 Å². The van der Waals surface area contributed by atoms with Gasteiger partial charge in [0.15, 0.2) is 0 Å². The number of carbonyl (C=O) groups excluding carboxylic acids is 2. The summed E-state index contributed by atoms with van der Waals surface area (Å²) in [5.74, 6) is -0.688. The molecule has 2 aliphatic heterocycles. The number of benzene rings is 1. The third kappa shape index (κ3) is 3.32. The molecular formula is C20H20FN3O3S. The molecule has 2 amide bonds. The lowest BCUT2D eigenvalue weighted by molar-refractivity contribution is -0.131. The van der Waals surface area contributed by atoms with Gasteiger partial charge in [-0.3, -0.25) is 18.8 Å². The van der Waals surface area contributed by atoms with Crippen LogP contribution < -0.4 is 0 Å². The highest BCUT2D eigenvalue weighted by atomic mass is 32.2. The smallest absolute Gasteiger partial charge is 0.255 e. The number of aromatic nitrogens is 1. The molecule has 0 N–H and O–H groups in total. The number of rotatable bonds is 3. The molecule has 4 rings (SSSR count). The van der Waals surface area contributed by atoms with Gasteiger partial charge in [0.05, 0.1) is 16.4 Å². The molecule has 28 heavy (non-hydrogen) atoms. The Labute approximate surface area is 164 Å². The molecule has 0 saturated carbocycles. The summed E-state index contributed by atoms with van der Waals surface area (Å²) in [5.41, 5.74) is 1.18. The quantitative estimate of drug-likeness (QED) is 0.788. The largest absolute Gasteiger partial charge is 0.338 e. The SMILES string of the molecule is O=C(c1cccnc1)N1CCC2(CC1)N(Cc1cccc(F)c1)C(=O)CS2=O. The monoisotopic (exact) mass is 401 g/mol. The lowest BCUT2D eigenvalue weighted by Crippen LogP contribution is -2.55. The fourth-order valence-electron chi connectivity index (χ4n) is 3.95. The molecule has 1 aromatic heterocycles. The Bertz CT molecular complexity index is 929. The molecule has 2 saturated heterocycles. The van der Waals surface area contributed by atoms with Gasteiger partial charge in [-0.15, -0.1) is 0 Å². The maximum atomic E-state index is 13.5. The molecule has 2 fully saturated rings. The predicted octanol–water partition coefficient (Wildman–Crippen LogP) is 1.94. The lowest BCUT2D eigenvalue weighted by atomic mass is 10.0. The van der Waals surface area contributed by atoms with Gasteiger partial charge in [0.2, 0.25) is 5.91 Å². The van der Waals surface area contributed by atoms with Crippen molar-refractivity contribution in [3.63, 3.8) is 0 Å². The molecule has 1 spiro atoms. The van der Waals surface area contributed by atoms with E-state index in [1.807, 2.05) is 0 Å². The molecule has 8 heteroatoms. The summed E-state index contributed by atoms with van der Waals surface area (Å²) in [7, 11) is -1.35. The second-order valence-corrected chi connectivity index (χ2v) is 8.82. The Kier molecular flexibility index (Phi) is 4.97. The first-order valence-electron chi connectivity index (χ1n) is 9.12. The van der Waals surface area contributed by atoms with Gasteiger partial charge in [0.1, 0.15) is 16.4 Å². The van der Waals surface area contributed by atoms with Crippen molar-refractivity contribution in [1.29, 1.82) is 0 Å². The van der Waals surface area contributed by atoms with Crippen molar-refractivity contribution in [2.75, 3.05) is 18.8 Å². The molecular weight excluding hydrogens is 381 g/mol. The number of hydrogen-bond donors (Lipinski definition) is 0. The maximum absolute atomic E-state index is 13.5. The van der Waals surface area contributed by atoms with Crippen molar-refractivity contribution in [1.82, 2.24) is 14.8 Å². The van der Waals surface area contributed by atoms with Crippen LogP contribution in [0.5, 0.6) is 0 Å². The number of likely N-dealkylation sites (tertiary alicyclic amines) is 1. The fourth-order valence-corrected chi connectivity index (χ4v) is 5.65. The van der Waals surface area contributed by atoms with E-state index in [9.17, 15) is 18.2 Å². The summed E-state index contributed by atoms with van der Waals surface area (Å²) < 4.78 is 26.4. The number of pyridine rings is 1. The normalized spacial score (nSPS) is 21.3. The molecule has 1 aromatic carbocycles. The third-order valence-corrected chi connectivity index (χ3v) is 7.43. The van der Waals surface area contributed by atoms with E-state index >= 15 is 0 Å². The van der Waals surface area contributed by atoms with Gasteiger partial charge >= 0.3 is 0 Å². The van der Waals surface area contributed by atoms with Crippen molar-refractivity contribution in [3.8, 4) is 0 Å². The number of amides is 2. The predicted molar refractivity (Wildman–Crippen MR) is 102 cm³/mol. The Balaban J connectivity index is 1.52. The molecule has 2 aliphatic rings. The van der Waals surface area contributed by atoms with Gasteiger partial charge in [0.25, 0.3) is 5.91 Å². The van der Waals surface area contributed by atoms with Gasteiger partial charge in [-0.05, 0) is 29.8 Å². The van der Waals surface area contributed by atoms with Crippen LogP contribution in [0, 0.1) is 5.82 Å². The summed E-state index contributed by atoms with van der Waals surface area (Å²) in [5, 5.41) is 0. The number of halogens is 1. The van der Waals surface area contributed by atoms with Crippen LogP contribution in [0.3, 0.4) is 0 Å². The first-order chi connectivity index (χ1) is 13.5.